The Kier molecular flexibility index (Phi) is 6.87. The van der Waals surface area contributed by atoms with Crippen LogP contribution in [0.5, 0.6) is 5.75 Å². The van der Waals surface area contributed by atoms with Crippen LogP contribution in [0.1, 0.15) is 33.6 Å². The molecule has 10 heteroatoms. The van der Waals surface area contributed by atoms with E-state index in [0.717, 1.165) is 49.6 Å². The number of hydrogen-bond acceptors (Lipinski definition) is 8. The Labute approximate surface area is 224 Å². The van der Waals surface area contributed by atoms with Crippen molar-refractivity contribution in [3.05, 3.63) is 30.2 Å². The predicted octanol–water partition coefficient (Wildman–Crippen LogP) is 3.72. The first-order valence-electron chi connectivity index (χ1n) is 13.5. The molecule has 0 spiro atoms. The molecule has 4 aliphatic rings. The Morgan fingerprint density at radius 1 is 1.26 bits per heavy atom. The summed E-state index contributed by atoms with van der Waals surface area (Å²) in [5.41, 5.74) is 1.24. The van der Waals surface area contributed by atoms with Crippen molar-refractivity contribution in [2.75, 3.05) is 62.9 Å². The molecule has 2 bridgehead atoms. The topological polar surface area (TPSA) is 94.6 Å². The van der Waals surface area contributed by atoms with Gasteiger partial charge in [-0.25, -0.2) is 9.37 Å². The lowest BCUT2D eigenvalue weighted by atomic mass is 9.40. The van der Waals surface area contributed by atoms with Crippen LogP contribution in [0.3, 0.4) is 0 Å². The van der Waals surface area contributed by atoms with E-state index in [2.05, 4.69) is 63.7 Å². The predicted molar refractivity (Wildman–Crippen MR) is 148 cm³/mol. The van der Waals surface area contributed by atoms with E-state index in [9.17, 15) is 4.79 Å². The molecule has 0 saturated heterocycles. The molecule has 4 atom stereocenters. The zero-order chi connectivity index (χ0) is 27.2. The highest BCUT2D eigenvalue weighted by Gasteiger charge is 2.64. The summed E-state index contributed by atoms with van der Waals surface area (Å²) in [5, 5.41) is 9.39. The van der Waals surface area contributed by atoms with Crippen molar-refractivity contribution in [1.29, 1.82) is 0 Å². The maximum absolute atomic E-state index is 15.0. The molecule has 206 valence electrons. The molecule has 9 nitrogen and oxygen atoms in total. The van der Waals surface area contributed by atoms with E-state index < -0.39 is 11.4 Å². The van der Waals surface area contributed by atoms with Crippen molar-refractivity contribution in [2.45, 2.75) is 39.2 Å². The standard InChI is InChI=1S/C28H40FN7O2/c1-27(2)17-13-19(25(37)30-4)28(3,23(27)14-17)34-24-20(29)16-31-26(33-24)32-18-7-8-21-22(15-18)38-12-11-36(21)10-9-35(5)6/h7-8,15-17,19,23H,9-14H2,1-6H3,(H,30,37)(H2,31,32,33,34)/t17-,19+,23+,28-/m0/s1. The van der Waals surface area contributed by atoms with Gasteiger partial charge in [0.25, 0.3) is 0 Å². The average molecular weight is 526 g/mol. The third kappa shape index (κ3) is 4.63. The highest BCUT2D eigenvalue weighted by molar-refractivity contribution is 5.81. The minimum absolute atomic E-state index is 0.0216. The normalized spacial score (nSPS) is 27.2. The summed E-state index contributed by atoms with van der Waals surface area (Å²) in [6.45, 7) is 9.86. The lowest BCUT2D eigenvalue weighted by molar-refractivity contribution is -0.155. The molecule has 1 aromatic heterocycles. The Bertz CT molecular complexity index is 1210. The second-order valence-electron chi connectivity index (χ2n) is 12.0. The van der Waals surface area contributed by atoms with Crippen LogP contribution >= 0.6 is 0 Å². The van der Waals surface area contributed by atoms with Gasteiger partial charge in [0, 0.05) is 31.9 Å². The van der Waals surface area contributed by atoms with Gasteiger partial charge in [-0.2, -0.15) is 4.98 Å². The summed E-state index contributed by atoms with van der Waals surface area (Å²) < 4.78 is 21.0. The highest BCUT2D eigenvalue weighted by atomic mass is 19.1. The van der Waals surface area contributed by atoms with Gasteiger partial charge in [-0.05, 0) is 63.2 Å². The SMILES string of the molecule is CNC(=O)[C@H]1C[C@H]2C[C@H](C2(C)C)[C@@]1(C)Nc1nc(Nc2ccc3c(c2)OCCN3CCN(C)C)ncc1F. The molecule has 2 heterocycles. The number of carbonyl (C=O) groups excluding carboxylic acids is 1. The van der Waals surface area contributed by atoms with Gasteiger partial charge in [0.1, 0.15) is 12.4 Å². The van der Waals surface area contributed by atoms with Gasteiger partial charge in [-0.1, -0.05) is 13.8 Å². The van der Waals surface area contributed by atoms with Crippen LogP contribution in [-0.4, -0.2) is 73.7 Å². The number of halogens is 1. The van der Waals surface area contributed by atoms with Crippen molar-refractivity contribution in [3.63, 3.8) is 0 Å². The Morgan fingerprint density at radius 3 is 2.76 bits per heavy atom. The molecule has 1 aromatic carbocycles. The Morgan fingerprint density at radius 2 is 2.05 bits per heavy atom. The minimum Gasteiger partial charge on any atom is -0.489 e. The summed E-state index contributed by atoms with van der Waals surface area (Å²) in [7, 11) is 5.79. The van der Waals surface area contributed by atoms with Crippen LogP contribution in [-0.2, 0) is 4.79 Å². The number of carbonyl (C=O) groups is 1. The summed E-state index contributed by atoms with van der Waals surface area (Å²) in [4.78, 5) is 26.0. The average Bonchev–Trinajstić information content (AvgIpc) is 2.88. The van der Waals surface area contributed by atoms with Crippen molar-refractivity contribution >= 4 is 29.0 Å². The number of aromatic nitrogens is 2. The third-order valence-electron chi connectivity index (χ3n) is 9.13. The molecule has 1 aliphatic heterocycles. The number of amides is 1. The molecule has 6 rings (SSSR count). The van der Waals surface area contributed by atoms with Crippen LogP contribution in [0, 0.1) is 29.0 Å². The van der Waals surface area contributed by atoms with Crippen molar-refractivity contribution in [3.8, 4) is 5.75 Å². The maximum Gasteiger partial charge on any atom is 0.229 e. The van der Waals surface area contributed by atoms with Crippen molar-refractivity contribution in [1.82, 2.24) is 20.2 Å². The third-order valence-corrected chi connectivity index (χ3v) is 9.13. The van der Waals surface area contributed by atoms with Crippen LogP contribution in [0.2, 0.25) is 0 Å². The van der Waals surface area contributed by atoms with Gasteiger partial charge in [-0.3, -0.25) is 4.79 Å². The summed E-state index contributed by atoms with van der Waals surface area (Å²) in [6, 6.07) is 5.91. The number of benzene rings is 1. The van der Waals surface area contributed by atoms with E-state index in [0.29, 0.717) is 12.5 Å². The van der Waals surface area contributed by atoms with Gasteiger partial charge in [-0.15, -0.1) is 0 Å². The van der Waals surface area contributed by atoms with E-state index in [1.165, 1.54) is 6.20 Å². The summed E-state index contributed by atoms with van der Waals surface area (Å²) in [5.74, 6) is 1.04. The number of nitrogens with zero attached hydrogens (tertiary/aromatic N) is 4. The number of anilines is 4. The number of likely N-dealkylation sites (N-methyl/N-ethyl adjacent to an activating group) is 1. The smallest absolute Gasteiger partial charge is 0.229 e. The monoisotopic (exact) mass is 525 g/mol. The summed E-state index contributed by atoms with van der Waals surface area (Å²) in [6.07, 6.45) is 2.96. The number of nitrogens with one attached hydrogen (secondary N) is 3. The number of fused-ring (bicyclic) bond motifs is 3. The second-order valence-corrected chi connectivity index (χ2v) is 12.0. The largest absolute Gasteiger partial charge is 0.489 e. The van der Waals surface area contributed by atoms with Crippen molar-refractivity contribution in [2.24, 2.45) is 23.2 Å². The van der Waals surface area contributed by atoms with Crippen molar-refractivity contribution < 1.29 is 13.9 Å². The van der Waals surface area contributed by atoms with Crippen LogP contribution in [0.15, 0.2) is 24.4 Å². The lowest BCUT2D eigenvalue weighted by Crippen LogP contribution is -2.69. The highest BCUT2D eigenvalue weighted by Crippen LogP contribution is 2.65. The molecule has 3 N–H and O–H groups in total. The summed E-state index contributed by atoms with van der Waals surface area (Å²) >= 11 is 0. The molecule has 0 radical (unpaired) electrons. The van der Waals surface area contributed by atoms with E-state index in [-0.39, 0.29) is 34.9 Å². The molecule has 38 heavy (non-hydrogen) atoms. The first-order chi connectivity index (χ1) is 18.0. The lowest BCUT2D eigenvalue weighted by Gasteiger charge is -2.66. The van der Waals surface area contributed by atoms with Crippen LogP contribution < -0.4 is 25.6 Å². The maximum atomic E-state index is 15.0. The molecule has 1 amide bonds. The van der Waals surface area contributed by atoms with Gasteiger partial charge >= 0.3 is 0 Å². The number of ether oxygens (including phenoxy) is 1. The van der Waals surface area contributed by atoms with Gasteiger partial charge in [0.2, 0.25) is 11.9 Å². The van der Waals surface area contributed by atoms with Gasteiger partial charge in [0.15, 0.2) is 11.6 Å². The molecule has 3 fully saturated rings. The zero-order valence-electron chi connectivity index (χ0n) is 23.3. The first kappa shape index (κ1) is 26.5. The molecule has 0 unspecified atom stereocenters. The van der Waals surface area contributed by atoms with E-state index >= 15 is 4.39 Å². The first-order valence-corrected chi connectivity index (χ1v) is 13.5. The Hall–Kier alpha value is -3.14. The molecule has 3 aliphatic carbocycles. The molecule has 2 aromatic rings. The zero-order valence-corrected chi connectivity index (χ0v) is 23.3. The molecular formula is C28H40FN7O2. The minimum atomic E-state index is -0.638. The van der Waals surface area contributed by atoms with Crippen LogP contribution in [0.25, 0.3) is 0 Å². The van der Waals surface area contributed by atoms with Gasteiger partial charge in [0.05, 0.1) is 29.9 Å². The van der Waals surface area contributed by atoms with Gasteiger partial charge < -0.3 is 30.5 Å². The fraction of sp³-hybridized carbons (Fsp3) is 0.607. The Balaban J connectivity index is 1.37. The van der Waals surface area contributed by atoms with E-state index in [1.807, 2.05) is 25.1 Å². The molecule has 3 saturated carbocycles. The second kappa shape index (κ2) is 9.87. The molecular weight excluding hydrogens is 485 g/mol. The van der Waals surface area contributed by atoms with E-state index in [1.54, 1.807) is 7.05 Å². The fourth-order valence-corrected chi connectivity index (χ4v) is 6.74. The van der Waals surface area contributed by atoms with E-state index in [4.69, 9.17) is 4.74 Å². The number of hydrogen-bond donors (Lipinski definition) is 3. The van der Waals surface area contributed by atoms with Crippen LogP contribution in [0.4, 0.5) is 27.5 Å². The number of rotatable bonds is 8. The fourth-order valence-electron chi connectivity index (χ4n) is 6.74. The quantitative estimate of drug-likeness (QED) is 0.480.